The van der Waals surface area contributed by atoms with Crippen LogP contribution in [0, 0.1) is 13.8 Å². The molecule has 0 unspecified atom stereocenters. The molecule has 0 aliphatic heterocycles. The zero-order valence-electron chi connectivity index (χ0n) is 17.7. The molecule has 0 fully saturated rings. The van der Waals surface area contributed by atoms with E-state index in [9.17, 15) is 4.79 Å². The molecule has 156 valence electrons. The van der Waals surface area contributed by atoms with Crippen molar-refractivity contribution < 1.29 is 0 Å². The highest BCUT2D eigenvalue weighted by Gasteiger charge is 2.16. The van der Waals surface area contributed by atoms with Crippen LogP contribution in [0.1, 0.15) is 22.5 Å². The van der Waals surface area contributed by atoms with Gasteiger partial charge in [-0.3, -0.25) is 4.79 Å². The summed E-state index contributed by atoms with van der Waals surface area (Å²) in [5, 5.41) is 10.5. The van der Waals surface area contributed by atoms with Gasteiger partial charge in [0.05, 0.1) is 10.9 Å². The Labute approximate surface area is 189 Å². The lowest BCUT2D eigenvalue weighted by atomic mass is 10.1. The van der Waals surface area contributed by atoms with Gasteiger partial charge in [0.25, 0.3) is 5.56 Å². The number of hydrogen-bond donors (Lipinski definition) is 0. The van der Waals surface area contributed by atoms with Gasteiger partial charge in [0.1, 0.15) is 10.8 Å². The van der Waals surface area contributed by atoms with Crippen LogP contribution in [0.5, 0.6) is 0 Å². The molecule has 32 heavy (non-hydrogen) atoms. The van der Waals surface area contributed by atoms with E-state index in [2.05, 4.69) is 29.3 Å². The van der Waals surface area contributed by atoms with Crippen LogP contribution in [0.4, 0.5) is 0 Å². The highest BCUT2D eigenvalue weighted by Crippen LogP contribution is 2.26. The highest BCUT2D eigenvalue weighted by atomic mass is 32.1. The molecule has 3 aromatic carbocycles. The van der Waals surface area contributed by atoms with Crippen molar-refractivity contribution in [3.05, 3.63) is 106 Å². The Morgan fingerprint density at radius 1 is 0.812 bits per heavy atom. The molecule has 6 heteroatoms. The van der Waals surface area contributed by atoms with Crippen molar-refractivity contribution in [1.82, 2.24) is 19.7 Å². The van der Waals surface area contributed by atoms with Crippen LogP contribution in [0.3, 0.4) is 0 Å². The maximum atomic E-state index is 13.4. The second kappa shape index (κ2) is 8.32. The van der Waals surface area contributed by atoms with E-state index in [-0.39, 0.29) is 5.56 Å². The second-order valence-corrected chi connectivity index (χ2v) is 8.58. The minimum absolute atomic E-state index is 0.161. The fraction of sp³-hybridized carbons (Fsp3) is 0.0769. The van der Waals surface area contributed by atoms with Gasteiger partial charge in [0.2, 0.25) is 5.13 Å². The van der Waals surface area contributed by atoms with Crippen LogP contribution in [0.25, 0.3) is 38.8 Å². The van der Waals surface area contributed by atoms with Crippen LogP contribution in [0.15, 0.2) is 77.6 Å². The lowest BCUT2D eigenvalue weighted by molar-refractivity contribution is 0.899. The number of hydrogen-bond acceptors (Lipinski definition) is 5. The lowest BCUT2D eigenvalue weighted by Crippen LogP contribution is -2.22. The number of nitrogens with zero attached hydrogens (tertiary/aromatic N) is 4. The van der Waals surface area contributed by atoms with Crippen LogP contribution in [-0.2, 0) is 0 Å². The molecule has 0 aliphatic rings. The van der Waals surface area contributed by atoms with Crippen molar-refractivity contribution in [2.75, 3.05) is 0 Å². The molecule has 2 aromatic heterocycles. The summed E-state index contributed by atoms with van der Waals surface area (Å²) in [6.07, 6.45) is 3.81. The number of rotatable bonds is 4. The van der Waals surface area contributed by atoms with E-state index in [1.807, 2.05) is 73.7 Å². The summed E-state index contributed by atoms with van der Waals surface area (Å²) in [4.78, 5) is 18.2. The Bertz CT molecular complexity index is 1500. The molecule has 0 saturated carbocycles. The monoisotopic (exact) mass is 436 g/mol. The molecule has 0 bridgehead atoms. The van der Waals surface area contributed by atoms with Crippen molar-refractivity contribution in [1.29, 1.82) is 0 Å². The summed E-state index contributed by atoms with van der Waals surface area (Å²) in [5.74, 6) is 0.515. The van der Waals surface area contributed by atoms with Gasteiger partial charge in [-0.05, 0) is 37.6 Å². The fourth-order valence-electron chi connectivity index (χ4n) is 3.41. The standard InChI is InChI=1S/C26H20N4OS/c1-17-7-11-19(12-8-17)13-16-23-27-22-6-4-3-5-21(22)25(31)30(23)26-29-28-24(32-26)20-14-9-18(2)10-15-20/h3-16H,1-2H3/b16-13+. The van der Waals surface area contributed by atoms with Gasteiger partial charge in [0, 0.05) is 5.56 Å². The van der Waals surface area contributed by atoms with Crippen molar-refractivity contribution in [2.45, 2.75) is 13.8 Å². The Morgan fingerprint density at radius 3 is 2.25 bits per heavy atom. The van der Waals surface area contributed by atoms with Crippen molar-refractivity contribution in [3.8, 4) is 15.7 Å². The van der Waals surface area contributed by atoms with Crippen LogP contribution in [0.2, 0.25) is 0 Å². The van der Waals surface area contributed by atoms with Gasteiger partial charge < -0.3 is 0 Å². The number of para-hydroxylation sites is 1. The van der Waals surface area contributed by atoms with Crippen LogP contribution in [-0.4, -0.2) is 19.7 Å². The average molecular weight is 437 g/mol. The highest BCUT2D eigenvalue weighted by molar-refractivity contribution is 7.17. The van der Waals surface area contributed by atoms with E-state index in [0.29, 0.717) is 21.9 Å². The van der Waals surface area contributed by atoms with Crippen molar-refractivity contribution in [3.63, 3.8) is 0 Å². The number of benzene rings is 3. The predicted octanol–water partition coefficient (Wildman–Crippen LogP) is 5.69. The summed E-state index contributed by atoms with van der Waals surface area (Å²) in [7, 11) is 0. The topological polar surface area (TPSA) is 60.7 Å². The molecule has 0 N–H and O–H groups in total. The summed E-state index contributed by atoms with van der Waals surface area (Å²) in [6, 6.07) is 23.6. The molecule has 0 spiro atoms. The molecule has 0 saturated heterocycles. The van der Waals surface area contributed by atoms with Gasteiger partial charge in [-0.2, -0.15) is 0 Å². The third kappa shape index (κ3) is 3.88. The summed E-state index contributed by atoms with van der Waals surface area (Å²) in [5.41, 5.74) is 4.86. The third-order valence-electron chi connectivity index (χ3n) is 5.21. The van der Waals surface area contributed by atoms with Crippen LogP contribution < -0.4 is 5.56 Å². The fourth-order valence-corrected chi connectivity index (χ4v) is 4.27. The molecule has 5 aromatic rings. The first-order valence-corrected chi connectivity index (χ1v) is 11.1. The maximum absolute atomic E-state index is 13.4. The van der Waals surface area contributed by atoms with E-state index in [1.165, 1.54) is 22.5 Å². The second-order valence-electron chi connectivity index (χ2n) is 7.63. The largest absolute Gasteiger partial charge is 0.268 e. The first-order valence-electron chi connectivity index (χ1n) is 10.3. The Hall–Kier alpha value is -3.90. The summed E-state index contributed by atoms with van der Waals surface area (Å²) >= 11 is 1.37. The van der Waals surface area contributed by atoms with E-state index in [0.717, 1.165) is 16.1 Å². The van der Waals surface area contributed by atoms with Gasteiger partial charge in [-0.15, -0.1) is 10.2 Å². The minimum Gasteiger partial charge on any atom is -0.268 e. The Morgan fingerprint density at radius 2 is 1.50 bits per heavy atom. The maximum Gasteiger partial charge on any atom is 0.268 e. The lowest BCUT2D eigenvalue weighted by Gasteiger charge is -2.08. The van der Waals surface area contributed by atoms with Crippen LogP contribution >= 0.6 is 11.3 Å². The quantitative estimate of drug-likeness (QED) is 0.363. The van der Waals surface area contributed by atoms with Crippen molar-refractivity contribution >= 4 is 34.4 Å². The normalized spacial score (nSPS) is 11.4. The first-order chi connectivity index (χ1) is 15.6. The minimum atomic E-state index is -0.161. The van der Waals surface area contributed by atoms with E-state index < -0.39 is 0 Å². The van der Waals surface area contributed by atoms with Gasteiger partial charge >= 0.3 is 0 Å². The van der Waals surface area contributed by atoms with Crippen molar-refractivity contribution in [2.24, 2.45) is 0 Å². The Kier molecular flexibility index (Phi) is 5.21. The molecule has 0 amide bonds. The van der Waals surface area contributed by atoms with Gasteiger partial charge in [-0.25, -0.2) is 9.55 Å². The molecule has 0 atom stereocenters. The smallest absolute Gasteiger partial charge is 0.268 e. The zero-order valence-corrected chi connectivity index (χ0v) is 18.5. The summed E-state index contributed by atoms with van der Waals surface area (Å²) < 4.78 is 1.54. The van der Waals surface area contributed by atoms with E-state index in [4.69, 9.17) is 4.98 Å². The molecule has 0 radical (unpaired) electrons. The first kappa shape index (κ1) is 20.0. The Balaban J connectivity index is 1.65. The number of aromatic nitrogens is 4. The molecule has 0 aliphatic carbocycles. The van der Waals surface area contributed by atoms with E-state index >= 15 is 0 Å². The molecule has 5 rings (SSSR count). The predicted molar refractivity (Wildman–Crippen MR) is 131 cm³/mol. The summed E-state index contributed by atoms with van der Waals surface area (Å²) in [6.45, 7) is 4.10. The number of fused-ring (bicyclic) bond motifs is 1. The van der Waals surface area contributed by atoms with E-state index in [1.54, 1.807) is 10.6 Å². The van der Waals surface area contributed by atoms with Gasteiger partial charge in [0.15, 0.2) is 0 Å². The molecular weight excluding hydrogens is 416 g/mol. The molecule has 5 nitrogen and oxygen atoms in total. The third-order valence-corrected chi connectivity index (χ3v) is 6.17. The zero-order chi connectivity index (χ0) is 22.1. The molecular formula is C26H20N4OS. The molecule has 2 heterocycles. The average Bonchev–Trinajstić information content (AvgIpc) is 3.29. The number of aryl methyl sites for hydroxylation is 2. The van der Waals surface area contributed by atoms with Gasteiger partial charge in [-0.1, -0.05) is 89.2 Å². The SMILES string of the molecule is Cc1ccc(/C=C/c2nc3ccccc3c(=O)n2-c2nnc(-c3ccc(C)cc3)s2)cc1.